The van der Waals surface area contributed by atoms with Crippen LogP contribution in [0.1, 0.15) is 50.6 Å². The Labute approximate surface area is 117 Å². The number of aryl methyl sites for hydroxylation is 1. The molecule has 4 heteroatoms. The fourth-order valence-corrected chi connectivity index (χ4v) is 3.61. The quantitative estimate of drug-likeness (QED) is 0.856. The van der Waals surface area contributed by atoms with Crippen LogP contribution in [0.5, 0.6) is 0 Å². The third kappa shape index (κ3) is 2.70. The second kappa shape index (κ2) is 6.06. The molecule has 1 aromatic heterocycles. The first-order chi connectivity index (χ1) is 9.14. The van der Waals surface area contributed by atoms with Gasteiger partial charge in [-0.1, -0.05) is 19.8 Å². The van der Waals surface area contributed by atoms with Crippen LogP contribution in [0.2, 0.25) is 0 Å². The maximum atomic E-state index is 4.49. The van der Waals surface area contributed by atoms with Crippen LogP contribution >= 0.6 is 0 Å². The Morgan fingerprint density at radius 3 is 2.63 bits per heavy atom. The molecule has 1 aliphatic rings. The zero-order valence-electron chi connectivity index (χ0n) is 12.8. The first-order valence-corrected chi connectivity index (χ1v) is 7.51. The maximum absolute atomic E-state index is 4.49. The van der Waals surface area contributed by atoms with Gasteiger partial charge < -0.3 is 10.2 Å². The van der Waals surface area contributed by atoms with Crippen LogP contribution in [0, 0.1) is 0 Å². The standard InChI is InChI=1S/C15H28N4/c1-5-10-19-12-13(11-17-19)14(16-2)15(18(3)4)8-6-7-9-15/h11-12,14,16H,5-10H2,1-4H3. The van der Waals surface area contributed by atoms with E-state index in [1.807, 2.05) is 6.20 Å². The molecule has 0 radical (unpaired) electrons. The van der Waals surface area contributed by atoms with Gasteiger partial charge in [-0.15, -0.1) is 0 Å². The topological polar surface area (TPSA) is 33.1 Å². The van der Waals surface area contributed by atoms with Crippen LogP contribution in [0.15, 0.2) is 12.4 Å². The van der Waals surface area contributed by atoms with Crippen molar-refractivity contribution in [1.29, 1.82) is 0 Å². The molecular weight excluding hydrogens is 236 g/mol. The van der Waals surface area contributed by atoms with Crippen molar-refractivity contribution in [2.75, 3.05) is 21.1 Å². The monoisotopic (exact) mass is 264 g/mol. The summed E-state index contributed by atoms with van der Waals surface area (Å²) in [5.74, 6) is 0. The number of nitrogens with one attached hydrogen (secondary N) is 1. The average molecular weight is 264 g/mol. The van der Waals surface area contributed by atoms with Crippen molar-refractivity contribution >= 4 is 0 Å². The predicted octanol–water partition coefficient (Wildman–Crippen LogP) is 2.43. The Bertz CT molecular complexity index is 391. The van der Waals surface area contributed by atoms with E-state index in [1.54, 1.807) is 0 Å². The summed E-state index contributed by atoms with van der Waals surface area (Å²) >= 11 is 0. The lowest BCUT2D eigenvalue weighted by Crippen LogP contribution is -2.51. The summed E-state index contributed by atoms with van der Waals surface area (Å²) in [6.07, 6.45) is 10.6. The second-order valence-corrected chi connectivity index (χ2v) is 5.96. The minimum atomic E-state index is 0.245. The first kappa shape index (κ1) is 14.5. The summed E-state index contributed by atoms with van der Waals surface area (Å²) < 4.78 is 2.07. The molecule has 1 heterocycles. The van der Waals surface area contributed by atoms with Crippen LogP contribution in [-0.4, -0.2) is 41.4 Å². The zero-order valence-corrected chi connectivity index (χ0v) is 12.8. The lowest BCUT2D eigenvalue weighted by molar-refractivity contribution is 0.108. The van der Waals surface area contributed by atoms with Gasteiger partial charge in [-0.05, 0) is 40.4 Å². The highest BCUT2D eigenvalue weighted by atomic mass is 15.3. The summed E-state index contributed by atoms with van der Waals surface area (Å²) in [6.45, 7) is 3.20. The van der Waals surface area contributed by atoms with E-state index in [9.17, 15) is 0 Å². The Morgan fingerprint density at radius 1 is 1.42 bits per heavy atom. The summed E-state index contributed by atoms with van der Waals surface area (Å²) in [5.41, 5.74) is 1.57. The molecule has 19 heavy (non-hydrogen) atoms. The van der Waals surface area contributed by atoms with Gasteiger partial charge in [0.1, 0.15) is 0 Å². The van der Waals surface area contributed by atoms with Gasteiger partial charge in [-0.3, -0.25) is 4.68 Å². The molecule has 0 saturated heterocycles. The van der Waals surface area contributed by atoms with E-state index >= 15 is 0 Å². The van der Waals surface area contributed by atoms with E-state index in [2.05, 4.69) is 54.3 Å². The molecule has 0 spiro atoms. The van der Waals surface area contributed by atoms with Gasteiger partial charge in [0.2, 0.25) is 0 Å². The second-order valence-electron chi connectivity index (χ2n) is 5.96. The Kier molecular flexibility index (Phi) is 4.63. The van der Waals surface area contributed by atoms with Crippen molar-refractivity contribution in [3.05, 3.63) is 18.0 Å². The van der Waals surface area contributed by atoms with Crippen molar-refractivity contribution in [3.63, 3.8) is 0 Å². The largest absolute Gasteiger partial charge is 0.311 e. The van der Waals surface area contributed by atoms with Gasteiger partial charge in [0.15, 0.2) is 0 Å². The molecule has 4 nitrogen and oxygen atoms in total. The van der Waals surface area contributed by atoms with E-state index in [0.717, 1.165) is 13.0 Å². The van der Waals surface area contributed by atoms with Crippen LogP contribution < -0.4 is 5.32 Å². The van der Waals surface area contributed by atoms with E-state index in [1.165, 1.54) is 31.2 Å². The summed E-state index contributed by atoms with van der Waals surface area (Å²) in [7, 11) is 6.50. The molecule has 1 unspecified atom stereocenters. The van der Waals surface area contributed by atoms with Gasteiger partial charge >= 0.3 is 0 Å². The van der Waals surface area contributed by atoms with Crippen molar-refractivity contribution in [2.45, 2.75) is 57.2 Å². The number of rotatable bonds is 6. The van der Waals surface area contributed by atoms with E-state index in [4.69, 9.17) is 0 Å². The van der Waals surface area contributed by atoms with E-state index in [-0.39, 0.29) is 5.54 Å². The van der Waals surface area contributed by atoms with Gasteiger partial charge in [0.25, 0.3) is 0 Å². The fourth-order valence-electron chi connectivity index (χ4n) is 3.61. The Hall–Kier alpha value is -0.870. The lowest BCUT2D eigenvalue weighted by atomic mass is 9.83. The molecule has 0 bridgehead atoms. The smallest absolute Gasteiger partial charge is 0.0538 e. The molecule has 1 atom stereocenters. The summed E-state index contributed by atoms with van der Waals surface area (Å²) in [5, 5.41) is 8.04. The molecule has 108 valence electrons. The van der Waals surface area contributed by atoms with Crippen molar-refractivity contribution in [1.82, 2.24) is 20.0 Å². The zero-order chi connectivity index (χ0) is 13.9. The van der Waals surface area contributed by atoms with Crippen LogP contribution in [0.4, 0.5) is 0 Å². The molecule has 0 amide bonds. The third-order valence-corrected chi connectivity index (χ3v) is 4.63. The van der Waals surface area contributed by atoms with Crippen molar-refractivity contribution in [3.8, 4) is 0 Å². The number of hydrogen-bond acceptors (Lipinski definition) is 3. The lowest BCUT2D eigenvalue weighted by Gasteiger charge is -2.43. The predicted molar refractivity (Wildman–Crippen MR) is 79.2 cm³/mol. The van der Waals surface area contributed by atoms with Gasteiger partial charge in [0, 0.05) is 23.8 Å². The van der Waals surface area contributed by atoms with E-state index < -0.39 is 0 Å². The molecule has 0 aromatic carbocycles. The number of nitrogens with zero attached hydrogens (tertiary/aromatic N) is 3. The van der Waals surface area contributed by atoms with Gasteiger partial charge in [-0.2, -0.15) is 5.10 Å². The molecule has 1 N–H and O–H groups in total. The van der Waals surface area contributed by atoms with Crippen LogP contribution in [0.25, 0.3) is 0 Å². The average Bonchev–Trinajstić information content (AvgIpc) is 3.01. The Morgan fingerprint density at radius 2 is 2.11 bits per heavy atom. The number of aromatic nitrogens is 2. The molecule has 1 aromatic rings. The fraction of sp³-hybridized carbons (Fsp3) is 0.800. The highest BCUT2D eigenvalue weighted by molar-refractivity contribution is 5.19. The molecule has 2 rings (SSSR count). The molecule has 1 aliphatic carbocycles. The first-order valence-electron chi connectivity index (χ1n) is 7.51. The highest BCUT2D eigenvalue weighted by Crippen LogP contribution is 2.43. The normalized spacial score (nSPS) is 20.1. The molecule has 0 aliphatic heterocycles. The van der Waals surface area contributed by atoms with Gasteiger partial charge in [-0.25, -0.2) is 0 Å². The molecular formula is C15H28N4. The highest BCUT2D eigenvalue weighted by Gasteiger charge is 2.43. The van der Waals surface area contributed by atoms with Crippen molar-refractivity contribution < 1.29 is 0 Å². The van der Waals surface area contributed by atoms with Gasteiger partial charge in [0.05, 0.1) is 12.2 Å². The third-order valence-electron chi connectivity index (χ3n) is 4.63. The Balaban J connectivity index is 2.26. The number of likely N-dealkylation sites (N-methyl/N-ethyl adjacent to an activating group) is 2. The number of hydrogen-bond donors (Lipinski definition) is 1. The summed E-state index contributed by atoms with van der Waals surface area (Å²) in [6, 6.07) is 0.371. The minimum absolute atomic E-state index is 0.245. The van der Waals surface area contributed by atoms with Crippen LogP contribution in [-0.2, 0) is 6.54 Å². The molecule has 1 fully saturated rings. The van der Waals surface area contributed by atoms with Crippen molar-refractivity contribution in [2.24, 2.45) is 0 Å². The van der Waals surface area contributed by atoms with E-state index in [0.29, 0.717) is 6.04 Å². The summed E-state index contributed by atoms with van der Waals surface area (Å²) in [4.78, 5) is 2.42. The maximum Gasteiger partial charge on any atom is 0.0538 e. The SMILES string of the molecule is CCCn1cc(C(NC)C2(N(C)C)CCCC2)cn1. The van der Waals surface area contributed by atoms with Crippen LogP contribution in [0.3, 0.4) is 0 Å². The minimum Gasteiger partial charge on any atom is -0.311 e. The molecule has 1 saturated carbocycles.